The molecule has 1 aliphatic rings. The number of nitrogens with one attached hydrogen (secondary N) is 1. The van der Waals surface area contributed by atoms with Crippen LogP contribution in [0.5, 0.6) is 0 Å². The summed E-state index contributed by atoms with van der Waals surface area (Å²) in [5.74, 6) is -0.851. The lowest BCUT2D eigenvalue weighted by molar-refractivity contribution is -0.137. The van der Waals surface area contributed by atoms with Crippen LogP contribution in [-0.2, 0) is 11.2 Å². The second-order valence-electron chi connectivity index (χ2n) is 5.89. The highest BCUT2D eigenvalue weighted by Crippen LogP contribution is 2.29. The molecule has 2 heterocycles. The number of halogens is 2. The van der Waals surface area contributed by atoms with Crippen LogP contribution in [0.1, 0.15) is 11.3 Å². The predicted octanol–water partition coefficient (Wildman–Crippen LogP) is 2.84. The summed E-state index contributed by atoms with van der Waals surface area (Å²) in [5, 5.41) is 15.4. The fourth-order valence-corrected chi connectivity index (χ4v) is 3.68. The van der Waals surface area contributed by atoms with Crippen molar-refractivity contribution in [2.24, 2.45) is 0 Å². The van der Waals surface area contributed by atoms with Gasteiger partial charge in [-0.25, -0.2) is 4.39 Å². The van der Waals surface area contributed by atoms with Crippen molar-refractivity contribution in [3.8, 4) is 0 Å². The van der Waals surface area contributed by atoms with Gasteiger partial charge >= 0.3 is 0 Å². The first-order valence-electron chi connectivity index (χ1n) is 7.71. The maximum atomic E-state index is 13.3. The van der Waals surface area contributed by atoms with Gasteiger partial charge in [-0.2, -0.15) is 0 Å². The van der Waals surface area contributed by atoms with Crippen LogP contribution >= 0.6 is 22.9 Å². The highest BCUT2D eigenvalue weighted by Gasteiger charge is 2.42. The number of aliphatic hydroxyl groups is 1. The molecule has 1 saturated heterocycles. The Bertz CT molecular complexity index is 725. The average molecular weight is 369 g/mol. The molecule has 0 unspecified atom stereocenters. The Kier molecular flexibility index (Phi) is 5.08. The van der Waals surface area contributed by atoms with Gasteiger partial charge in [0.2, 0.25) is 0 Å². The average Bonchev–Trinajstić information content (AvgIpc) is 3.20. The molecule has 3 rings (SSSR count). The van der Waals surface area contributed by atoms with Crippen molar-refractivity contribution >= 4 is 34.5 Å². The van der Waals surface area contributed by atoms with Crippen molar-refractivity contribution in [2.45, 2.75) is 18.4 Å². The summed E-state index contributed by atoms with van der Waals surface area (Å²) in [6, 6.07) is 8.38. The minimum absolute atomic E-state index is 0.0309. The number of thiophene rings is 1. The minimum Gasteiger partial charge on any atom is -0.378 e. The second kappa shape index (κ2) is 7.09. The third-order valence-corrected chi connectivity index (χ3v) is 5.40. The number of β-amino-alcohol motifs (C(OH)–C–C–N with tert-alkyl or cyclic N) is 1. The first-order valence-corrected chi connectivity index (χ1v) is 8.97. The van der Waals surface area contributed by atoms with Crippen LogP contribution in [0.15, 0.2) is 35.7 Å². The number of anilines is 1. The lowest BCUT2D eigenvalue weighted by Crippen LogP contribution is -2.49. The van der Waals surface area contributed by atoms with Crippen molar-refractivity contribution in [2.75, 3.05) is 24.5 Å². The second-order valence-corrected chi connectivity index (χ2v) is 7.33. The first-order chi connectivity index (χ1) is 11.5. The van der Waals surface area contributed by atoms with Crippen LogP contribution in [0.2, 0.25) is 5.02 Å². The molecule has 7 heteroatoms. The van der Waals surface area contributed by atoms with Gasteiger partial charge in [-0.05, 0) is 36.1 Å². The lowest BCUT2D eigenvalue weighted by Gasteiger charge is -2.23. The van der Waals surface area contributed by atoms with Gasteiger partial charge in [0.25, 0.3) is 5.91 Å². The zero-order valence-electron chi connectivity index (χ0n) is 13.0. The molecular formula is C17H18ClFN2O2S. The van der Waals surface area contributed by atoms with E-state index in [1.807, 2.05) is 22.4 Å². The third-order valence-electron chi connectivity index (χ3n) is 4.18. The molecule has 0 aliphatic carbocycles. The number of rotatable bonds is 5. The van der Waals surface area contributed by atoms with Crippen LogP contribution in [-0.4, -0.2) is 36.2 Å². The van der Waals surface area contributed by atoms with Gasteiger partial charge in [-0.3, -0.25) is 4.79 Å². The number of amides is 1. The van der Waals surface area contributed by atoms with Gasteiger partial charge in [0.15, 0.2) is 5.60 Å². The predicted molar refractivity (Wildman–Crippen MR) is 94.2 cm³/mol. The maximum absolute atomic E-state index is 13.3. The van der Waals surface area contributed by atoms with Gasteiger partial charge in [0.1, 0.15) is 5.82 Å². The highest BCUT2D eigenvalue weighted by atomic mass is 35.5. The van der Waals surface area contributed by atoms with E-state index in [2.05, 4.69) is 5.32 Å². The van der Waals surface area contributed by atoms with E-state index in [-0.39, 0.29) is 17.5 Å². The summed E-state index contributed by atoms with van der Waals surface area (Å²) >= 11 is 7.44. The number of nitrogens with zero attached hydrogens (tertiary/aromatic N) is 1. The van der Waals surface area contributed by atoms with Crippen molar-refractivity contribution in [3.63, 3.8) is 0 Å². The molecule has 1 fully saturated rings. The molecule has 24 heavy (non-hydrogen) atoms. The van der Waals surface area contributed by atoms with E-state index in [9.17, 15) is 14.3 Å². The zero-order valence-corrected chi connectivity index (χ0v) is 14.5. The van der Waals surface area contributed by atoms with Gasteiger partial charge in [0, 0.05) is 30.1 Å². The summed E-state index contributed by atoms with van der Waals surface area (Å²) in [6.45, 7) is 1.17. The van der Waals surface area contributed by atoms with Crippen molar-refractivity contribution < 1.29 is 14.3 Å². The van der Waals surface area contributed by atoms with Crippen LogP contribution < -0.4 is 10.2 Å². The SMILES string of the molecule is O=C(NCCc1cccs1)[C@@]1(O)CCN(c2ccc(F)c(Cl)c2)C1. The molecule has 2 aromatic rings. The molecule has 1 aliphatic heterocycles. The van der Waals surface area contributed by atoms with E-state index in [1.165, 1.54) is 17.0 Å². The fraction of sp³-hybridized carbons (Fsp3) is 0.353. The summed E-state index contributed by atoms with van der Waals surface area (Å²) in [6.07, 6.45) is 1.07. The van der Waals surface area contributed by atoms with Gasteiger partial charge < -0.3 is 15.3 Å². The van der Waals surface area contributed by atoms with Crippen molar-refractivity contribution in [1.82, 2.24) is 5.32 Å². The normalized spacial score (nSPS) is 20.4. The smallest absolute Gasteiger partial charge is 0.253 e. The zero-order chi connectivity index (χ0) is 17.2. The van der Waals surface area contributed by atoms with E-state index in [0.717, 1.165) is 6.42 Å². The van der Waals surface area contributed by atoms with Crippen LogP contribution in [0.4, 0.5) is 10.1 Å². The number of benzene rings is 1. The molecule has 0 spiro atoms. The van der Waals surface area contributed by atoms with Crippen LogP contribution in [0.25, 0.3) is 0 Å². The number of hydrogen-bond acceptors (Lipinski definition) is 4. The molecule has 4 nitrogen and oxygen atoms in total. The molecule has 1 aromatic carbocycles. The molecule has 128 valence electrons. The summed E-state index contributed by atoms with van der Waals surface area (Å²) in [7, 11) is 0. The Morgan fingerprint density at radius 1 is 1.46 bits per heavy atom. The molecule has 0 radical (unpaired) electrons. The Hall–Kier alpha value is -1.63. The highest BCUT2D eigenvalue weighted by molar-refractivity contribution is 7.09. The Balaban J connectivity index is 1.57. The van der Waals surface area contributed by atoms with Crippen LogP contribution in [0, 0.1) is 5.82 Å². The Labute approximate surface area is 148 Å². The van der Waals surface area contributed by atoms with Gasteiger partial charge in [-0.15, -0.1) is 11.3 Å². The van der Waals surface area contributed by atoms with E-state index in [4.69, 9.17) is 11.6 Å². The number of hydrogen-bond donors (Lipinski definition) is 2. The quantitative estimate of drug-likeness (QED) is 0.853. The molecule has 0 bridgehead atoms. The van der Waals surface area contributed by atoms with E-state index in [0.29, 0.717) is 25.2 Å². The standard InChI is InChI=1S/C17H18ClFN2O2S/c18-14-10-12(3-4-15(14)19)21-8-6-17(23,11-21)16(22)20-7-5-13-2-1-9-24-13/h1-4,9-10,23H,5-8,11H2,(H,20,22)/t17-/m1/s1. The molecular weight excluding hydrogens is 351 g/mol. The summed E-state index contributed by atoms with van der Waals surface area (Å²) in [5.41, 5.74) is -0.736. The fourth-order valence-electron chi connectivity index (χ4n) is 2.80. The summed E-state index contributed by atoms with van der Waals surface area (Å²) < 4.78 is 13.3. The molecule has 2 N–H and O–H groups in total. The summed E-state index contributed by atoms with van der Waals surface area (Å²) in [4.78, 5) is 15.4. The van der Waals surface area contributed by atoms with E-state index < -0.39 is 11.4 Å². The molecule has 1 aromatic heterocycles. The van der Waals surface area contributed by atoms with E-state index in [1.54, 1.807) is 17.4 Å². The van der Waals surface area contributed by atoms with Crippen LogP contribution in [0.3, 0.4) is 0 Å². The molecule has 0 saturated carbocycles. The van der Waals surface area contributed by atoms with Gasteiger partial charge in [-0.1, -0.05) is 17.7 Å². The largest absolute Gasteiger partial charge is 0.378 e. The minimum atomic E-state index is -1.43. The topological polar surface area (TPSA) is 52.6 Å². The Morgan fingerprint density at radius 3 is 3.00 bits per heavy atom. The monoisotopic (exact) mass is 368 g/mol. The van der Waals surface area contributed by atoms with E-state index >= 15 is 0 Å². The molecule has 1 amide bonds. The Morgan fingerprint density at radius 2 is 2.29 bits per heavy atom. The number of carbonyl (C=O) groups excluding carboxylic acids is 1. The number of carbonyl (C=O) groups is 1. The third kappa shape index (κ3) is 3.71. The molecule has 1 atom stereocenters. The van der Waals surface area contributed by atoms with Gasteiger partial charge in [0.05, 0.1) is 11.6 Å². The van der Waals surface area contributed by atoms with Crippen molar-refractivity contribution in [1.29, 1.82) is 0 Å². The first kappa shape index (κ1) is 17.2. The maximum Gasteiger partial charge on any atom is 0.253 e. The van der Waals surface area contributed by atoms with Crippen molar-refractivity contribution in [3.05, 3.63) is 51.4 Å². The lowest BCUT2D eigenvalue weighted by atomic mass is 10.0.